The first-order valence-corrected chi connectivity index (χ1v) is 15.6. The number of hydrogen-bond acceptors (Lipinski definition) is 10. The van der Waals surface area contributed by atoms with Crippen molar-refractivity contribution in [1.29, 1.82) is 0 Å². The number of amides is 2. The number of H-pyrrole nitrogens is 1. The van der Waals surface area contributed by atoms with Gasteiger partial charge in [0.1, 0.15) is 14.5 Å². The topological polar surface area (TPSA) is 211 Å². The molecule has 3 unspecified atom stereocenters. The number of ether oxygens (including phenoxy) is 1. The number of carbonyl (C=O) groups excluding carboxylic acids is 2. The Hall–Kier alpha value is -2.41. The third-order valence-electron chi connectivity index (χ3n) is 6.06. The minimum atomic E-state index is -4.21. The van der Waals surface area contributed by atoms with Crippen LogP contribution in [0.2, 0.25) is 0 Å². The summed E-state index contributed by atoms with van der Waals surface area (Å²) in [4.78, 5) is 34.6. The summed E-state index contributed by atoms with van der Waals surface area (Å²) >= 11 is 0.551. The maximum Gasteiger partial charge on any atom is 0.253 e. The van der Waals surface area contributed by atoms with Crippen LogP contribution in [0.25, 0.3) is 0 Å². The lowest BCUT2D eigenvalue weighted by Crippen LogP contribution is -2.55. The molecule has 17 heteroatoms. The second-order valence-electron chi connectivity index (χ2n) is 8.83. The van der Waals surface area contributed by atoms with Crippen LogP contribution in [-0.2, 0) is 40.8 Å². The number of rotatable bonds is 12. The van der Waals surface area contributed by atoms with Gasteiger partial charge in [0.2, 0.25) is 21.8 Å². The second kappa shape index (κ2) is 12.2. The Labute approximate surface area is 225 Å². The van der Waals surface area contributed by atoms with Gasteiger partial charge in [-0.25, -0.2) is 27.0 Å². The minimum absolute atomic E-state index is 0.0787. The van der Waals surface area contributed by atoms with Crippen LogP contribution in [0.4, 0.5) is 0 Å². The number of likely N-dealkylation sites (N-methyl/N-ethyl adjacent to an activating group) is 1. The van der Waals surface area contributed by atoms with Crippen molar-refractivity contribution in [3.05, 3.63) is 29.8 Å². The quantitative estimate of drug-likeness (QED) is 0.225. The van der Waals surface area contributed by atoms with Crippen molar-refractivity contribution >= 4 is 43.2 Å². The lowest BCUT2D eigenvalue weighted by Gasteiger charge is -2.39. The highest BCUT2D eigenvalue weighted by Gasteiger charge is 2.44. The van der Waals surface area contributed by atoms with Gasteiger partial charge in [0.15, 0.2) is 0 Å². The molecule has 3 rings (SSSR count). The van der Waals surface area contributed by atoms with Gasteiger partial charge < -0.3 is 25.7 Å². The second-order valence-corrected chi connectivity index (χ2v) is 13.8. The monoisotopic (exact) mass is 591 g/mol. The number of carbonyl (C=O) groups is 2. The van der Waals surface area contributed by atoms with E-state index in [1.165, 1.54) is 41.8 Å². The Kier molecular flexibility index (Phi) is 9.66. The van der Waals surface area contributed by atoms with Crippen molar-refractivity contribution in [3.8, 4) is 0 Å². The zero-order valence-electron chi connectivity index (χ0n) is 21.3. The molecule has 2 amide bonds. The molecule has 0 radical (unpaired) electrons. The number of imidazole rings is 1. The zero-order chi connectivity index (χ0) is 28.3. The summed E-state index contributed by atoms with van der Waals surface area (Å²) in [5.41, 5.74) is 6.46. The highest BCUT2D eigenvalue weighted by molar-refractivity contribution is 7.94. The molecule has 6 N–H and O–H groups in total. The third-order valence-corrected chi connectivity index (χ3v) is 11.0. The van der Waals surface area contributed by atoms with Gasteiger partial charge in [-0.3, -0.25) is 9.59 Å². The highest BCUT2D eigenvalue weighted by atomic mass is 32.3. The molecule has 1 aliphatic rings. The molecule has 2 aromatic rings. The van der Waals surface area contributed by atoms with Crippen molar-refractivity contribution in [3.63, 3.8) is 0 Å². The minimum Gasteiger partial charge on any atom is -0.385 e. The maximum atomic E-state index is 13.9. The van der Waals surface area contributed by atoms with Crippen molar-refractivity contribution in [1.82, 2.24) is 24.5 Å². The van der Waals surface area contributed by atoms with Crippen LogP contribution < -0.4 is 16.2 Å². The molecule has 3 atom stereocenters. The van der Waals surface area contributed by atoms with Crippen LogP contribution in [0.5, 0.6) is 0 Å². The van der Waals surface area contributed by atoms with E-state index >= 15 is 0 Å². The van der Waals surface area contributed by atoms with Crippen molar-refractivity contribution in [2.24, 2.45) is 10.9 Å². The number of sulfonamides is 2. The van der Waals surface area contributed by atoms with E-state index in [9.17, 15) is 26.4 Å². The van der Waals surface area contributed by atoms with Gasteiger partial charge in [0.05, 0.1) is 18.4 Å². The van der Waals surface area contributed by atoms with Gasteiger partial charge in [-0.05, 0) is 26.3 Å². The molecule has 212 valence electrons. The summed E-state index contributed by atoms with van der Waals surface area (Å²) in [7, 11) is -6.77. The Bertz CT molecular complexity index is 1340. The van der Waals surface area contributed by atoms with Crippen molar-refractivity contribution in [2.45, 2.75) is 53.2 Å². The standard InChI is InChI=1S/C21H33N7O7S3/c1-4-28(20(30)16(26-19(29)13(2)22)8-14-10-24-12-25-14)17-11-27(6-5-7-35-3)38(33,34)21-15(17)9-18(36-21)37(23,31)32/h9-10,12-13,16-17H,4-8,11,22H2,1-3H3,(H,24,25)(H,26,29)(H2,23,31,32). The van der Waals surface area contributed by atoms with E-state index in [4.69, 9.17) is 15.6 Å². The lowest BCUT2D eigenvalue weighted by atomic mass is 10.0. The number of aromatic amines is 1. The number of fused-ring (bicyclic) bond motifs is 1. The van der Waals surface area contributed by atoms with E-state index in [2.05, 4.69) is 15.3 Å². The Morgan fingerprint density at radius 3 is 2.68 bits per heavy atom. The molecule has 0 spiro atoms. The average Bonchev–Trinajstić information content (AvgIpc) is 3.52. The number of aromatic nitrogens is 2. The molecule has 2 aromatic heterocycles. The predicted molar refractivity (Wildman–Crippen MR) is 139 cm³/mol. The highest BCUT2D eigenvalue weighted by Crippen LogP contribution is 2.42. The van der Waals surface area contributed by atoms with Gasteiger partial charge >= 0.3 is 0 Å². The van der Waals surface area contributed by atoms with Gasteiger partial charge in [0, 0.05) is 57.2 Å². The van der Waals surface area contributed by atoms with Gasteiger partial charge in [-0.2, -0.15) is 4.31 Å². The van der Waals surface area contributed by atoms with Crippen LogP contribution in [0, 0.1) is 0 Å². The number of hydrogen-bond donors (Lipinski definition) is 4. The van der Waals surface area contributed by atoms with Crippen LogP contribution >= 0.6 is 11.3 Å². The first-order chi connectivity index (χ1) is 17.8. The van der Waals surface area contributed by atoms with Crippen LogP contribution in [0.3, 0.4) is 0 Å². The fourth-order valence-corrected chi connectivity index (χ4v) is 8.45. The molecule has 38 heavy (non-hydrogen) atoms. The summed E-state index contributed by atoms with van der Waals surface area (Å²) in [6.45, 7) is 3.63. The molecular formula is C21H33N7O7S3. The first-order valence-electron chi connectivity index (χ1n) is 11.8. The summed E-state index contributed by atoms with van der Waals surface area (Å²) in [6.07, 6.45) is 3.43. The SMILES string of the molecule is CCN(C(=O)C(Cc1cnc[nH]1)NC(=O)C(C)N)C1CN(CCCOC)S(=O)(=O)c2sc(S(N)(=O)=O)cc21. The fourth-order valence-electron chi connectivity index (χ4n) is 4.16. The Morgan fingerprint density at radius 1 is 1.42 bits per heavy atom. The molecule has 0 saturated carbocycles. The number of nitrogens with one attached hydrogen (secondary N) is 2. The molecule has 0 saturated heterocycles. The molecule has 0 bridgehead atoms. The smallest absolute Gasteiger partial charge is 0.253 e. The lowest BCUT2D eigenvalue weighted by molar-refractivity contribution is -0.139. The number of nitrogens with two attached hydrogens (primary N) is 2. The van der Waals surface area contributed by atoms with Gasteiger partial charge in [0.25, 0.3) is 10.0 Å². The molecule has 14 nitrogen and oxygen atoms in total. The molecular weight excluding hydrogens is 558 g/mol. The maximum absolute atomic E-state index is 13.9. The van der Waals surface area contributed by atoms with Crippen LogP contribution in [0.15, 0.2) is 27.0 Å². The largest absolute Gasteiger partial charge is 0.385 e. The van der Waals surface area contributed by atoms with Crippen molar-refractivity contribution in [2.75, 3.05) is 33.4 Å². The first kappa shape index (κ1) is 30.1. The van der Waals surface area contributed by atoms with Crippen LogP contribution in [-0.4, -0.2) is 93.3 Å². The van der Waals surface area contributed by atoms with E-state index in [1.54, 1.807) is 6.92 Å². The third kappa shape index (κ3) is 6.59. The number of nitrogens with zero attached hydrogens (tertiary/aromatic N) is 3. The van der Waals surface area contributed by atoms with E-state index in [-0.39, 0.29) is 40.0 Å². The molecule has 1 aliphatic heterocycles. The van der Waals surface area contributed by atoms with Crippen molar-refractivity contribution < 1.29 is 31.2 Å². The molecule has 3 heterocycles. The van der Waals surface area contributed by atoms with E-state index < -0.39 is 50.0 Å². The average molecular weight is 592 g/mol. The normalized spacial score (nSPS) is 18.9. The summed E-state index contributed by atoms with van der Waals surface area (Å²) in [5, 5.41) is 7.99. The van der Waals surface area contributed by atoms with Gasteiger partial charge in [-0.15, -0.1) is 11.3 Å². The predicted octanol–water partition coefficient (Wildman–Crippen LogP) is -0.876. The zero-order valence-corrected chi connectivity index (χ0v) is 23.7. The number of primary sulfonamides is 1. The number of methoxy groups -OCH3 is 1. The molecule has 0 fully saturated rings. The Morgan fingerprint density at radius 2 is 2.13 bits per heavy atom. The van der Waals surface area contributed by atoms with E-state index in [0.717, 1.165) is 0 Å². The number of thiophene rings is 1. The molecule has 0 aliphatic carbocycles. The van der Waals surface area contributed by atoms with E-state index in [1.807, 2.05) is 0 Å². The van der Waals surface area contributed by atoms with E-state index in [0.29, 0.717) is 30.1 Å². The Balaban J connectivity index is 2.06. The summed E-state index contributed by atoms with van der Waals surface area (Å²) in [5.74, 6) is -1.04. The summed E-state index contributed by atoms with van der Waals surface area (Å²) < 4.78 is 56.8. The molecule has 0 aromatic carbocycles. The van der Waals surface area contributed by atoms with Gasteiger partial charge in [-0.1, -0.05) is 0 Å². The summed E-state index contributed by atoms with van der Waals surface area (Å²) in [6, 6.07) is -1.55. The van der Waals surface area contributed by atoms with Crippen LogP contribution in [0.1, 0.15) is 37.6 Å². The fraction of sp³-hybridized carbons (Fsp3) is 0.571.